The number of hydrogen-bond acceptors (Lipinski definition) is 8. The van der Waals surface area contributed by atoms with Crippen LogP contribution in [0, 0.1) is 11.3 Å². The molecule has 5 heterocycles. The molecule has 1 spiro atoms. The zero-order chi connectivity index (χ0) is 31.7. The predicted octanol–water partition coefficient (Wildman–Crippen LogP) is 6.91. The summed E-state index contributed by atoms with van der Waals surface area (Å²) < 4.78 is 0. The molecule has 7 rings (SSSR count). The first kappa shape index (κ1) is 30.7. The number of aromatic nitrogens is 3. The van der Waals surface area contributed by atoms with Gasteiger partial charge in [0.2, 0.25) is 11.9 Å². The van der Waals surface area contributed by atoms with Crippen molar-refractivity contribution in [2.75, 3.05) is 60.1 Å². The van der Waals surface area contributed by atoms with E-state index in [0.29, 0.717) is 39.8 Å². The molecule has 0 radical (unpaired) electrons. The van der Waals surface area contributed by atoms with Crippen molar-refractivity contribution < 1.29 is 4.79 Å². The number of nitrogen functional groups attached to an aromatic ring is 1. The van der Waals surface area contributed by atoms with Crippen molar-refractivity contribution in [2.24, 2.45) is 11.3 Å². The lowest BCUT2D eigenvalue weighted by Crippen LogP contribution is -2.47. The Morgan fingerprint density at radius 2 is 1.59 bits per heavy atom. The van der Waals surface area contributed by atoms with Crippen molar-refractivity contribution in [1.29, 1.82) is 0 Å². The maximum atomic E-state index is 13.9. The topological polar surface area (TPSA) is 104 Å². The molecule has 3 aliphatic rings. The molecule has 11 heteroatoms. The molecule has 3 fully saturated rings. The second kappa shape index (κ2) is 13.1. The van der Waals surface area contributed by atoms with E-state index in [2.05, 4.69) is 42.2 Å². The Balaban J connectivity index is 0.942. The van der Waals surface area contributed by atoms with Gasteiger partial charge in [0.05, 0.1) is 46.1 Å². The minimum atomic E-state index is -0.286. The van der Waals surface area contributed by atoms with Crippen LogP contribution in [0.1, 0.15) is 32.1 Å². The van der Waals surface area contributed by atoms with Gasteiger partial charge < -0.3 is 25.8 Å². The smallest absolute Gasteiger partial charge is 0.233 e. The van der Waals surface area contributed by atoms with Crippen LogP contribution < -0.4 is 20.9 Å². The molecule has 9 nitrogen and oxygen atoms in total. The van der Waals surface area contributed by atoms with Crippen LogP contribution in [0.4, 0.5) is 28.7 Å². The Morgan fingerprint density at radius 1 is 0.870 bits per heavy atom. The molecular formula is C35H38Cl2N8O. The maximum absolute atomic E-state index is 13.9. The lowest BCUT2D eigenvalue weighted by atomic mass is 9.77. The quantitative estimate of drug-likeness (QED) is 0.207. The molecule has 2 aromatic heterocycles. The van der Waals surface area contributed by atoms with E-state index >= 15 is 0 Å². The number of amides is 1. The highest BCUT2D eigenvalue weighted by Gasteiger charge is 2.48. The Labute approximate surface area is 279 Å². The van der Waals surface area contributed by atoms with Crippen LogP contribution in [0.25, 0.3) is 11.3 Å². The van der Waals surface area contributed by atoms with Crippen LogP contribution in [0.2, 0.25) is 10.0 Å². The van der Waals surface area contributed by atoms with Gasteiger partial charge in [0.1, 0.15) is 0 Å². The SMILES string of the molecule is Nc1ccc(N2CCC(CN3CCC4(CC3)CCN(c3cncc(Nc5ncc(Cl)c(-c6ccc(Cl)cc6)n5)c3)C4=O)CC2)cc1. The first-order valence-corrected chi connectivity index (χ1v) is 16.8. The van der Waals surface area contributed by atoms with Gasteiger partial charge in [0.25, 0.3) is 0 Å². The monoisotopic (exact) mass is 656 g/mol. The van der Waals surface area contributed by atoms with Gasteiger partial charge in [-0.25, -0.2) is 9.97 Å². The lowest BCUT2D eigenvalue weighted by Gasteiger charge is -2.41. The van der Waals surface area contributed by atoms with Crippen LogP contribution in [-0.4, -0.2) is 65.0 Å². The molecule has 1 amide bonds. The number of likely N-dealkylation sites (tertiary alicyclic amines) is 1. The van der Waals surface area contributed by atoms with E-state index in [4.69, 9.17) is 28.9 Å². The zero-order valence-corrected chi connectivity index (χ0v) is 27.2. The molecule has 2 aromatic carbocycles. The Kier molecular flexibility index (Phi) is 8.72. The molecule has 0 unspecified atom stereocenters. The molecule has 0 saturated carbocycles. The number of piperidine rings is 2. The first-order valence-electron chi connectivity index (χ1n) is 16.0. The normalized spacial score (nSPS) is 18.8. The van der Waals surface area contributed by atoms with Crippen molar-refractivity contribution in [1.82, 2.24) is 19.9 Å². The average molecular weight is 658 g/mol. The Morgan fingerprint density at radius 3 is 2.33 bits per heavy atom. The highest BCUT2D eigenvalue weighted by molar-refractivity contribution is 6.33. The second-order valence-electron chi connectivity index (χ2n) is 12.8. The van der Waals surface area contributed by atoms with E-state index in [1.807, 2.05) is 35.2 Å². The van der Waals surface area contributed by atoms with Gasteiger partial charge in [-0.1, -0.05) is 35.3 Å². The maximum Gasteiger partial charge on any atom is 0.233 e. The van der Waals surface area contributed by atoms with Gasteiger partial charge in [-0.2, -0.15) is 0 Å². The fourth-order valence-corrected chi connectivity index (χ4v) is 7.46. The third-order valence-electron chi connectivity index (χ3n) is 9.87. The molecule has 46 heavy (non-hydrogen) atoms. The van der Waals surface area contributed by atoms with Gasteiger partial charge in [-0.3, -0.25) is 9.78 Å². The summed E-state index contributed by atoms with van der Waals surface area (Å²) in [7, 11) is 0. The standard InChI is InChI=1S/C35H38Cl2N8O/c36-26-3-1-25(2-4-26)32-31(37)22-40-34(42-32)41-28-19-30(21-39-20-28)45-18-13-35(33(45)46)11-16-43(17-12-35)23-24-9-14-44(15-10-24)29-7-5-27(38)6-8-29/h1-8,19-22,24H,9-18,23,38H2,(H,40,41,42). The highest BCUT2D eigenvalue weighted by atomic mass is 35.5. The van der Waals surface area contributed by atoms with E-state index in [-0.39, 0.29) is 11.3 Å². The molecule has 3 aliphatic heterocycles. The summed E-state index contributed by atoms with van der Waals surface area (Å²) in [5.41, 5.74) is 10.6. The van der Waals surface area contributed by atoms with E-state index in [1.54, 1.807) is 30.7 Å². The fraction of sp³-hybridized carbons (Fsp3) is 0.371. The summed E-state index contributed by atoms with van der Waals surface area (Å²) in [6, 6.07) is 17.5. The average Bonchev–Trinajstić information content (AvgIpc) is 3.39. The van der Waals surface area contributed by atoms with Crippen LogP contribution in [0.3, 0.4) is 0 Å². The van der Waals surface area contributed by atoms with Gasteiger partial charge >= 0.3 is 0 Å². The number of rotatable bonds is 7. The van der Waals surface area contributed by atoms with Crippen LogP contribution in [-0.2, 0) is 4.79 Å². The van der Waals surface area contributed by atoms with E-state index < -0.39 is 0 Å². The number of anilines is 5. The summed E-state index contributed by atoms with van der Waals surface area (Å²) in [6.07, 6.45) is 10.1. The number of nitrogens with zero attached hydrogens (tertiary/aromatic N) is 6. The van der Waals surface area contributed by atoms with Crippen LogP contribution in [0.15, 0.2) is 73.2 Å². The van der Waals surface area contributed by atoms with Gasteiger partial charge in [0, 0.05) is 48.1 Å². The Bertz CT molecular complexity index is 1680. The van der Waals surface area contributed by atoms with Gasteiger partial charge in [0.15, 0.2) is 0 Å². The number of pyridine rings is 1. The molecule has 238 valence electrons. The number of carbonyl (C=O) groups is 1. The number of carbonyl (C=O) groups excluding carboxylic acids is 1. The third kappa shape index (κ3) is 6.49. The second-order valence-corrected chi connectivity index (χ2v) is 13.6. The number of benzene rings is 2. The zero-order valence-electron chi connectivity index (χ0n) is 25.7. The number of nitrogens with two attached hydrogens (primary N) is 1. The highest BCUT2D eigenvalue weighted by Crippen LogP contribution is 2.43. The lowest BCUT2D eigenvalue weighted by molar-refractivity contribution is -0.128. The van der Waals surface area contributed by atoms with E-state index in [1.165, 1.54) is 18.5 Å². The number of hydrogen-bond donors (Lipinski definition) is 2. The van der Waals surface area contributed by atoms with E-state index in [0.717, 1.165) is 68.9 Å². The summed E-state index contributed by atoms with van der Waals surface area (Å²) in [5, 5.41) is 4.32. The van der Waals surface area contributed by atoms with Crippen molar-refractivity contribution in [3.63, 3.8) is 0 Å². The first-order chi connectivity index (χ1) is 22.3. The Hall–Kier alpha value is -3.92. The van der Waals surface area contributed by atoms with E-state index in [9.17, 15) is 4.79 Å². The van der Waals surface area contributed by atoms with Gasteiger partial charge in [-0.05, 0) is 93.6 Å². The van der Waals surface area contributed by atoms with Crippen molar-refractivity contribution in [3.05, 3.63) is 83.2 Å². The summed E-state index contributed by atoms with van der Waals surface area (Å²) >= 11 is 12.5. The summed E-state index contributed by atoms with van der Waals surface area (Å²) in [4.78, 5) is 34.3. The molecule has 0 atom stereocenters. The third-order valence-corrected chi connectivity index (χ3v) is 10.4. The van der Waals surface area contributed by atoms with Crippen LogP contribution >= 0.6 is 23.2 Å². The number of halogens is 2. The number of nitrogens with one attached hydrogen (secondary N) is 1. The fourth-order valence-electron chi connectivity index (χ4n) is 7.13. The molecule has 0 aliphatic carbocycles. The van der Waals surface area contributed by atoms with Gasteiger partial charge in [-0.15, -0.1) is 0 Å². The largest absolute Gasteiger partial charge is 0.399 e. The predicted molar refractivity (Wildman–Crippen MR) is 186 cm³/mol. The molecule has 3 N–H and O–H groups in total. The molecular weight excluding hydrogens is 619 g/mol. The molecule has 3 saturated heterocycles. The van der Waals surface area contributed by atoms with Crippen LogP contribution in [0.5, 0.6) is 0 Å². The summed E-state index contributed by atoms with van der Waals surface area (Å²) in [5.74, 6) is 1.31. The van der Waals surface area contributed by atoms with Crippen molar-refractivity contribution in [2.45, 2.75) is 32.1 Å². The van der Waals surface area contributed by atoms with Crippen molar-refractivity contribution >= 4 is 57.8 Å². The van der Waals surface area contributed by atoms with Crippen molar-refractivity contribution in [3.8, 4) is 11.3 Å². The molecule has 4 aromatic rings. The minimum absolute atomic E-state index is 0.218. The minimum Gasteiger partial charge on any atom is -0.399 e. The molecule has 0 bridgehead atoms. The summed E-state index contributed by atoms with van der Waals surface area (Å²) in [6.45, 7) is 5.92.